The maximum Gasteiger partial charge on any atom is 0.0447 e. The Balaban J connectivity index is 2.25. The lowest BCUT2D eigenvalue weighted by Crippen LogP contribution is -2.42. The van der Waals surface area contributed by atoms with E-state index in [2.05, 4.69) is 18.7 Å². The molecule has 0 bridgehead atoms. The lowest BCUT2D eigenvalue weighted by molar-refractivity contribution is 0.278. The molecule has 0 aliphatic carbocycles. The fourth-order valence-corrected chi connectivity index (χ4v) is 2.76. The standard InChI is InChI=1S/C9H19NOS/c1-3-4-5-10-6-7-12(11)9(2)8-10/h9H,3-8H2,1-2H3. The molecule has 0 radical (unpaired) electrons. The highest BCUT2D eigenvalue weighted by atomic mass is 32.2. The lowest BCUT2D eigenvalue weighted by Gasteiger charge is -2.30. The van der Waals surface area contributed by atoms with Crippen LogP contribution >= 0.6 is 0 Å². The van der Waals surface area contributed by atoms with Crippen LogP contribution in [0.5, 0.6) is 0 Å². The number of hydrogen-bond donors (Lipinski definition) is 0. The van der Waals surface area contributed by atoms with Crippen LogP contribution in [-0.2, 0) is 10.8 Å². The summed E-state index contributed by atoms with van der Waals surface area (Å²) >= 11 is 0. The van der Waals surface area contributed by atoms with Crippen molar-refractivity contribution in [3.05, 3.63) is 0 Å². The van der Waals surface area contributed by atoms with Gasteiger partial charge in [0.15, 0.2) is 0 Å². The minimum atomic E-state index is -0.553. The number of rotatable bonds is 3. The summed E-state index contributed by atoms with van der Waals surface area (Å²) in [6, 6.07) is 0. The topological polar surface area (TPSA) is 20.3 Å². The van der Waals surface area contributed by atoms with Gasteiger partial charge in [-0.25, -0.2) is 0 Å². The Morgan fingerprint density at radius 2 is 2.33 bits per heavy atom. The molecule has 72 valence electrons. The van der Waals surface area contributed by atoms with E-state index in [1.54, 1.807) is 0 Å². The molecule has 0 amide bonds. The van der Waals surface area contributed by atoms with Crippen molar-refractivity contribution in [2.45, 2.75) is 31.9 Å². The molecule has 1 fully saturated rings. The second-order valence-corrected chi connectivity index (χ2v) is 5.52. The largest absolute Gasteiger partial charge is 0.301 e. The molecule has 0 aromatic heterocycles. The second-order valence-electron chi connectivity index (χ2n) is 3.55. The van der Waals surface area contributed by atoms with E-state index in [0.29, 0.717) is 5.25 Å². The van der Waals surface area contributed by atoms with Crippen LogP contribution in [0.3, 0.4) is 0 Å². The summed E-state index contributed by atoms with van der Waals surface area (Å²) in [6.07, 6.45) is 2.54. The summed E-state index contributed by atoms with van der Waals surface area (Å²) in [4.78, 5) is 2.44. The van der Waals surface area contributed by atoms with Crippen LogP contribution in [0.15, 0.2) is 0 Å². The van der Waals surface area contributed by atoms with Gasteiger partial charge in [0.25, 0.3) is 0 Å². The van der Waals surface area contributed by atoms with Crippen LogP contribution < -0.4 is 0 Å². The third-order valence-corrected chi connectivity index (χ3v) is 4.03. The van der Waals surface area contributed by atoms with E-state index >= 15 is 0 Å². The molecule has 0 spiro atoms. The van der Waals surface area contributed by atoms with E-state index in [0.717, 1.165) is 18.8 Å². The van der Waals surface area contributed by atoms with Gasteiger partial charge < -0.3 is 4.90 Å². The molecule has 2 nitrogen and oxygen atoms in total. The first-order chi connectivity index (χ1) is 5.74. The maximum absolute atomic E-state index is 11.3. The zero-order valence-electron chi connectivity index (χ0n) is 8.08. The predicted octanol–water partition coefficient (Wildman–Crippen LogP) is 1.24. The molecule has 0 aromatic carbocycles. The summed E-state index contributed by atoms with van der Waals surface area (Å²) in [5, 5.41) is 0.385. The molecule has 2 unspecified atom stereocenters. The Labute approximate surface area is 77.8 Å². The number of hydrogen-bond acceptors (Lipinski definition) is 2. The lowest BCUT2D eigenvalue weighted by atomic mass is 10.3. The Morgan fingerprint density at radius 1 is 1.58 bits per heavy atom. The minimum Gasteiger partial charge on any atom is -0.301 e. The van der Waals surface area contributed by atoms with E-state index in [1.165, 1.54) is 19.4 Å². The fourth-order valence-electron chi connectivity index (χ4n) is 1.54. The maximum atomic E-state index is 11.3. The second kappa shape index (κ2) is 4.97. The molecule has 2 atom stereocenters. The van der Waals surface area contributed by atoms with Gasteiger partial charge in [0, 0.05) is 34.9 Å². The highest BCUT2D eigenvalue weighted by molar-refractivity contribution is 7.85. The van der Waals surface area contributed by atoms with Gasteiger partial charge in [-0.05, 0) is 19.9 Å². The van der Waals surface area contributed by atoms with Crippen molar-refractivity contribution in [3.63, 3.8) is 0 Å². The van der Waals surface area contributed by atoms with E-state index in [1.807, 2.05) is 0 Å². The number of nitrogens with zero attached hydrogens (tertiary/aromatic N) is 1. The third kappa shape index (κ3) is 2.87. The van der Waals surface area contributed by atoms with Gasteiger partial charge in [-0.1, -0.05) is 13.3 Å². The normalized spacial score (nSPS) is 32.2. The van der Waals surface area contributed by atoms with Crippen molar-refractivity contribution >= 4 is 10.8 Å². The first-order valence-electron chi connectivity index (χ1n) is 4.83. The zero-order valence-corrected chi connectivity index (χ0v) is 8.90. The van der Waals surface area contributed by atoms with E-state index in [9.17, 15) is 4.21 Å². The minimum absolute atomic E-state index is 0.385. The van der Waals surface area contributed by atoms with Crippen molar-refractivity contribution < 1.29 is 4.21 Å². The average Bonchev–Trinajstić information content (AvgIpc) is 2.07. The quantitative estimate of drug-likeness (QED) is 0.666. The van der Waals surface area contributed by atoms with Crippen LogP contribution in [0.2, 0.25) is 0 Å². The summed E-state index contributed by atoms with van der Waals surface area (Å²) in [5.41, 5.74) is 0. The molecule has 0 N–H and O–H groups in total. The predicted molar refractivity (Wildman–Crippen MR) is 53.8 cm³/mol. The van der Waals surface area contributed by atoms with E-state index < -0.39 is 10.8 Å². The summed E-state index contributed by atoms with van der Waals surface area (Å²) in [5.74, 6) is 0.880. The summed E-state index contributed by atoms with van der Waals surface area (Å²) in [7, 11) is -0.553. The van der Waals surface area contributed by atoms with Crippen LogP contribution in [0.4, 0.5) is 0 Å². The molecule has 0 saturated carbocycles. The van der Waals surface area contributed by atoms with Gasteiger partial charge in [0.05, 0.1) is 0 Å². The van der Waals surface area contributed by atoms with Gasteiger partial charge in [-0.2, -0.15) is 0 Å². The van der Waals surface area contributed by atoms with Gasteiger partial charge >= 0.3 is 0 Å². The Morgan fingerprint density at radius 3 is 2.92 bits per heavy atom. The first-order valence-corrected chi connectivity index (χ1v) is 6.21. The molecule has 1 heterocycles. The zero-order chi connectivity index (χ0) is 8.97. The molecule has 3 heteroatoms. The van der Waals surface area contributed by atoms with Crippen molar-refractivity contribution in [2.24, 2.45) is 0 Å². The highest BCUT2D eigenvalue weighted by Crippen LogP contribution is 2.08. The van der Waals surface area contributed by atoms with Gasteiger partial charge in [0.2, 0.25) is 0 Å². The highest BCUT2D eigenvalue weighted by Gasteiger charge is 2.21. The smallest absolute Gasteiger partial charge is 0.0447 e. The van der Waals surface area contributed by atoms with Gasteiger partial charge in [-0.3, -0.25) is 4.21 Å². The molecule has 1 saturated heterocycles. The SMILES string of the molecule is CCCCN1CCS(=O)C(C)C1. The van der Waals surface area contributed by atoms with Crippen LogP contribution in [0.25, 0.3) is 0 Å². The summed E-state index contributed by atoms with van der Waals surface area (Å²) in [6.45, 7) is 7.57. The monoisotopic (exact) mass is 189 g/mol. The van der Waals surface area contributed by atoms with Crippen molar-refractivity contribution in [2.75, 3.05) is 25.4 Å². The molecule has 12 heavy (non-hydrogen) atoms. The summed E-state index contributed by atoms with van der Waals surface area (Å²) < 4.78 is 11.3. The van der Waals surface area contributed by atoms with E-state index in [4.69, 9.17) is 0 Å². The van der Waals surface area contributed by atoms with Gasteiger partial charge in [-0.15, -0.1) is 0 Å². The van der Waals surface area contributed by atoms with Crippen molar-refractivity contribution in [1.29, 1.82) is 0 Å². The van der Waals surface area contributed by atoms with Crippen LogP contribution in [-0.4, -0.2) is 39.7 Å². The molecular weight excluding hydrogens is 170 g/mol. The first kappa shape index (κ1) is 10.2. The fraction of sp³-hybridized carbons (Fsp3) is 1.00. The molecule has 0 aromatic rings. The van der Waals surface area contributed by atoms with Crippen molar-refractivity contribution in [3.8, 4) is 0 Å². The molecule has 1 aliphatic heterocycles. The molecule has 1 rings (SSSR count). The number of unbranched alkanes of at least 4 members (excludes halogenated alkanes) is 1. The van der Waals surface area contributed by atoms with Crippen LogP contribution in [0.1, 0.15) is 26.7 Å². The Hall–Kier alpha value is 0.110. The van der Waals surface area contributed by atoms with E-state index in [-0.39, 0.29) is 0 Å². The van der Waals surface area contributed by atoms with Crippen molar-refractivity contribution in [1.82, 2.24) is 4.90 Å². The third-order valence-electron chi connectivity index (χ3n) is 2.40. The Bertz CT molecular complexity index is 161. The van der Waals surface area contributed by atoms with Gasteiger partial charge in [0.1, 0.15) is 0 Å². The van der Waals surface area contributed by atoms with Crippen LogP contribution in [0, 0.1) is 0 Å². The molecular formula is C9H19NOS. The molecule has 1 aliphatic rings. The average molecular weight is 189 g/mol. The Kier molecular flexibility index (Phi) is 4.22.